The van der Waals surface area contributed by atoms with Gasteiger partial charge in [-0.05, 0) is 17.7 Å². The SMILES string of the molecule is COC(=O)c1ccc(-c2cc(=O)n3[nH]c(-c4ccccc4)cc3n2)cc1. The van der Waals surface area contributed by atoms with Crippen LogP contribution in [-0.4, -0.2) is 27.7 Å². The Morgan fingerprint density at radius 2 is 1.73 bits per heavy atom. The molecule has 128 valence electrons. The molecule has 4 aromatic rings. The molecule has 0 aliphatic heterocycles. The number of benzene rings is 2. The van der Waals surface area contributed by atoms with Crippen LogP contribution < -0.4 is 5.56 Å². The van der Waals surface area contributed by atoms with Gasteiger partial charge in [0.15, 0.2) is 5.65 Å². The number of esters is 1. The summed E-state index contributed by atoms with van der Waals surface area (Å²) in [5.41, 5.74) is 3.86. The predicted octanol–water partition coefficient (Wildman–Crippen LogP) is 3.14. The maximum atomic E-state index is 12.5. The number of aromatic nitrogens is 3. The van der Waals surface area contributed by atoms with Gasteiger partial charge in [-0.3, -0.25) is 9.89 Å². The normalized spacial score (nSPS) is 10.8. The van der Waals surface area contributed by atoms with Crippen molar-refractivity contribution in [3.63, 3.8) is 0 Å². The minimum atomic E-state index is -0.404. The van der Waals surface area contributed by atoms with E-state index in [9.17, 15) is 9.59 Å². The number of rotatable bonds is 3. The van der Waals surface area contributed by atoms with Crippen LogP contribution in [0.5, 0.6) is 0 Å². The Bertz CT molecular complexity index is 1140. The van der Waals surface area contributed by atoms with Crippen LogP contribution in [0.3, 0.4) is 0 Å². The maximum absolute atomic E-state index is 12.5. The van der Waals surface area contributed by atoms with Crippen LogP contribution in [0, 0.1) is 0 Å². The van der Waals surface area contributed by atoms with Gasteiger partial charge in [-0.1, -0.05) is 42.5 Å². The van der Waals surface area contributed by atoms with Crippen LogP contribution in [0.1, 0.15) is 10.4 Å². The Morgan fingerprint density at radius 1 is 1.00 bits per heavy atom. The molecule has 0 bridgehead atoms. The van der Waals surface area contributed by atoms with Crippen LogP contribution in [0.25, 0.3) is 28.2 Å². The van der Waals surface area contributed by atoms with E-state index in [0.717, 1.165) is 16.8 Å². The Labute approximate surface area is 148 Å². The van der Waals surface area contributed by atoms with Crippen LogP contribution >= 0.6 is 0 Å². The van der Waals surface area contributed by atoms with Crippen molar-refractivity contribution < 1.29 is 9.53 Å². The zero-order chi connectivity index (χ0) is 18.1. The van der Waals surface area contributed by atoms with Gasteiger partial charge in [0.05, 0.1) is 24.1 Å². The summed E-state index contributed by atoms with van der Waals surface area (Å²) in [4.78, 5) is 28.6. The molecule has 0 radical (unpaired) electrons. The van der Waals surface area contributed by atoms with Gasteiger partial charge in [-0.2, -0.15) is 0 Å². The second kappa shape index (κ2) is 6.33. The predicted molar refractivity (Wildman–Crippen MR) is 98.0 cm³/mol. The lowest BCUT2D eigenvalue weighted by Crippen LogP contribution is -2.14. The van der Waals surface area contributed by atoms with E-state index in [1.54, 1.807) is 24.3 Å². The molecule has 0 spiro atoms. The Morgan fingerprint density at radius 3 is 2.42 bits per heavy atom. The maximum Gasteiger partial charge on any atom is 0.337 e. The van der Waals surface area contributed by atoms with Gasteiger partial charge in [-0.25, -0.2) is 14.3 Å². The molecule has 0 atom stereocenters. The third-order valence-corrected chi connectivity index (χ3v) is 4.14. The molecule has 2 aromatic carbocycles. The number of carbonyl (C=O) groups excluding carboxylic acids is 1. The number of methoxy groups -OCH3 is 1. The molecule has 0 aliphatic rings. The number of fused-ring (bicyclic) bond motifs is 1. The first-order valence-corrected chi connectivity index (χ1v) is 8.03. The number of H-pyrrole nitrogens is 1. The van der Waals surface area contributed by atoms with Crippen molar-refractivity contribution in [1.82, 2.24) is 14.6 Å². The fourth-order valence-corrected chi connectivity index (χ4v) is 2.80. The van der Waals surface area contributed by atoms with Gasteiger partial charge in [-0.15, -0.1) is 0 Å². The number of nitrogens with one attached hydrogen (secondary N) is 1. The Hall–Kier alpha value is -3.67. The average molecular weight is 345 g/mol. The first kappa shape index (κ1) is 15.8. The van der Waals surface area contributed by atoms with Crippen molar-refractivity contribution in [1.29, 1.82) is 0 Å². The largest absolute Gasteiger partial charge is 0.465 e. The van der Waals surface area contributed by atoms with Gasteiger partial charge in [0.1, 0.15) is 0 Å². The fraction of sp³-hybridized carbons (Fsp3) is 0.0500. The van der Waals surface area contributed by atoms with E-state index in [4.69, 9.17) is 4.74 Å². The first-order chi connectivity index (χ1) is 12.7. The molecular weight excluding hydrogens is 330 g/mol. The van der Waals surface area contributed by atoms with Crippen molar-refractivity contribution in [3.05, 3.63) is 82.6 Å². The molecule has 0 saturated heterocycles. The molecule has 26 heavy (non-hydrogen) atoms. The van der Waals surface area contributed by atoms with Gasteiger partial charge < -0.3 is 4.74 Å². The summed E-state index contributed by atoms with van der Waals surface area (Å²) in [6.07, 6.45) is 0. The van der Waals surface area contributed by atoms with E-state index in [2.05, 4.69) is 10.1 Å². The monoisotopic (exact) mass is 345 g/mol. The lowest BCUT2D eigenvalue weighted by atomic mass is 10.1. The summed E-state index contributed by atoms with van der Waals surface area (Å²) < 4.78 is 6.10. The molecule has 0 unspecified atom stereocenters. The number of ether oxygens (including phenoxy) is 1. The second-order valence-electron chi connectivity index (χ2n) is 5.78. The van der Waals surface area contributed by atoms with E-state index < -0.39 is 5.97 Å². The topological polar surface area (TPSA) is 76.5 Å². The van der Waals surface area contributed by atoms with Crippen LogP contribution in [0.15, 0.2) is 71.5 Å². The van der Waals surface area contributed by atoms with Crippen LogP contribution in [-0.2, 0) is 4.74 Å². The highest BCUT2D eigenvalue weighted by molar-refractivity contribution is 5.89. The average Bonchev–Trinajstić information content (AvgIpc) is 3.13. The number of carbonyl (C=O) groups is 1. The van der Waals surface area contributed by atoms with Crippen molar-refractivity contribution in [2.24, 2.45) is 0 Å². The van der Waals surface area contributed by atoms with E-state index in [-0.39, 0.29) is 5.56 Å². The molecule has 0 amide bonds. The smallest absolute Gasteiger partial charge is 0.337 e. The number of hydrogen-bond donors (Lipinski definition) is 1. The van der Waals surface area contributed by atoms with Gasteiger partial charge in [0.2, 0.25) is 0 Å². The fourth-order valence-electron chi connectivity index (χ4n) is 2.80. The minimum Gasteiger partial charge on any atom is -0.465 e. The van der Waals surface area contributed by atoms with Crippen molar-refractivity contribution in [2.75, 3.05) is 7.11 Å². The third kappa shape index (κ3) is 2.77. The highest BCUT2D eigenvalue weighted by Gasteiger charge is 2.10. The summed E-state index contributed by atoms with van der Waals surface area (Å²) >= 11 is 0. The van der Waals surface area contributed by atoms with Crippen LogP contribution in [0.2, 0.25) is 0 Å². The highest BCUT2D eigenvalue weighted by atomic mass is 16.5. The molecular formula is C20H15N3O3. The lowest BCUT2D eigenvalue weighted by Gasteiger charge is -2.03. The zero-order valence-electron chi connectivity index (χ0n) is 14.0. The van der Waals surface area contributed by atoms with E-state index in [0.29, 0.717) is 16.9 Å². The number of nitrogens with zero attached hydrogens (tertiary/aromatic N) is 2. The molecule has 0 saturated carbocycles. The van der Waals surface area contributed by atoms with Gasteiger partial charge in [0.25, 0.3) is 5.56 Å². The molecule has 4 rings (SSSR count). The van der Waals surface area contributed by atoms with E-state index >= 15 is 0 Å². The summed E-state index contributed by atoms with van der Waals surface area (Å²) in [6.45, 7) is 0. The molecule has 2 aromatic heterocycles. The van der Waals surface area contributed by atoms with Crippen molar-refractivity contribution >= 4 is 11.6 Å². The van der Waals surface area contributed by atoms with Crippen molar-refractivity contribution in [3.8, 4) is 22.5 Å². The van der Waals surface area contributed by atoms with Gasteiger partial charge in [0, 0.05) is 17.7 Å². The zero-order valence-corrected chi connectivity index (χ0v) is 14.0. The van der Waals surface area contributed by atoms with E-state index in [1.807, 2.05) is 36.4 Å². The summed E-state index contributed by atoms with van der Waals surface area (Å²) in [5.74, 6) is -0.404. The van der Waals surface area contributed by atoms with Gasteiger partial charge >= 0.3 is 5.97 Å². The third-order valence-electron chi connectivity index (χ3n) is 4.14. The first-order valence-electron chi connectivity index (χ1n) is 8.03. The summed E-state index contributed by atoms with van der Waals surface area (Å²) in [5, 5.41) is 3.07. The lowest BCUT2D eigenvalue weighted by molar-refractivity contribution is 0.0601. The summed E-state index contributed by atoms with van der Waals surface area (Å²) in [7, 11) is 1.34. The summed E-state index contributed by atoms with van der Waals surface area (Å²) in [6, 6.07) is 19.8. The highest BCUT2D eigenvalue weighted by Crippen LogP contribution is 2.21. The number of hydrogen-bond acceptors (Lipinski definition) is 4. The van der Waals surface area contributed by atoms with Crippen LogP contribution in [0.4, 0.5) is 0 Å². The minimum absolute atomic E-state index is 0.204. The number of aromatic amines is 1. The van der Waals surface area contributed by atoms with Crippen molar-refractivity contribution in [2.45, 2.75) is 0 Å². The molecule has 1 N–H and O–H groups in total. The Balaban J connectivity index is 1.77. The second-order valence-corrected chi connectivity index (χ2v) is 5.78. The molecule has 0 aliphatic carbocycles. The molecule has 6 nitrogen and oxygen atoms in total. The Kier molecular flexibility index (Phi) is 3.85. The van der Waals surface area contributed by atoms with E-state index in [1.165, 1.54) is 17.7 Å². The standard InChI is InChI=1S/C20H15N3O3/c1-26-20(25)15-9-7-14(8-10-15)16-12-19(24)23-18(21-16)11-17(22-23)13-5-3-2-4-6-13/h2-12,22H,1H3. The molecule has 0 fully saturated rings. The molecule has 6 heteroatoms. The molecule has 2 heterocycles. The quantitative estimate of drug-likeness (QED) is 0.579.